The quantitative estimate of drug-likeness (QED) is 0.453. The van der Waals surface area contributed by atoms with E-state index in [0.717, 1.165) is 95.8 Å². The minimum Gasteiger partial charge on any atom is -0.487 e. The van der Waals surface area contributed by atoms with Gasteiger partial charge >= 0.3 is 0 Å². The second kappa shape index (κ2) is 13.8. The molecule has 4 heterocycles. The van der Waals surface area contributed by atoms with Crippen molar-refractivity contribution in [2.75, 3.05) is 63.9 Å². The number of ether oxygens (including phenoxy) is 2. The number of halogens is 1. The molecular formula is C39H53ClN4O6S. The molecule has 278 valence electrons. The summed E-state index contributed by atoms with van der Waals surface area (Å²) >= 11 is 6.39. The van der Waals surface area contributed by atoms with Crippen LogP contribution >= 0.6 is 11.6 Å². The first-order valence-electron chi connectivity index (χ1n) is 19.1. The number of nitrogens with one attached hydrogen (secondary N) is 1. The molecule has 51 heavy (non-hydrogen) atoms. The first kappa shape index (κ1) is 35.6. The molecule has 0 radical (unpaired) electrons. The second-order valence-electron chi connectivity index (χ2n) is 16.3. The van der Waals surface area contributed by atoms with Crippen LogP contribution in [0.5, 0.6) is 5.75 Å². The SMILES string of the molecule is C[C@@H]1[C@@H](C)CCC[C@@](O)(CN2CCN3CCOC[C@@H]3C2)[C@]23CC2[C@H]3CN2CCCCc3cc(Cl)ccc3COc3ccc(cc32)C(=O)NS1(=O)=O. The Balaban J connectivity index is 1.13. The summed E-state index contributed by atoms with van der Waals surface area (Å²) in [6, 6.07) is 11.6. The molecule has 12 heteroatoms. The van der Waals surface area contributed by atoms with E-state index in [1.54, 1.807) is 25.1 Å². The van der Waals surface area contributed by atoms with Gasteiger partial charge in [0.15, 0.2) is 0 Å². The van der Waals surface area contributed by atoms with Crippen molar-refractivity contribution in [3.63, 3.8) is 0 Å². The molecule has 1 spiro atoms. The van der Waals surface area contributed by atoms with Crippen LogP contribution in [0.15, 0.2) is 36.4 Å². The molecule has 2 aromatic carbocycles. The summed E-state index contributed by atoms with van der Waals surface area (Å²) in [6.07, 6.45) is 5.82. The molecule has 1 unspecified atom stereocenters. The Labute approximate surface area is 307 Å². The summed E-state index contributed by atoms with van der Waals surface area (Å²) in [5, 5.41) is 12.9. The molecule has 6 aliphatic rings. The average Bonchev–Trinajstić information content (AvgIpc) is 4.01. The number of morpholine rings is 1. The molecule has 8 rings (SSSR count). The van der Waals surface area contributed by atoms with Crippen molar-refractivity contribution < 1.29 is 27.8 Å². The smallest absolute Gasteiger partial charge is 0.264 e. The molecule has 7 atom stereocenters. The van der Waals surface area contributed by atoms with Crippen LogP contribution in [0.3, 0.4) is 0 Å². The third-order valence-electron chi connectivity index (χ3n) is 13.4. The van der Waals surface area contributed by atoms with Crippen molar-refractivity contribution in [3.05, 3.63) is 58.1 Å². The molecule has 1 amide bonds. The van der Waals surface area contributed by atoms with Crippen molar-refractivity contribution in [2.24, 2.45) is 23.2 Å². The number of carbonyl (C=O) groups is 1. The molecule has 10 nitrogen and oxygen atoms in total. The second-order valence-corrected chi connectivity index (χ2v) is 18.8. The molecule has 2 saturated carbocycles. The number of benzene rings is 2. The minimum absolute atomic E-state index is 0.152. The zero-order valence-corrected chi connectivity index (χ0v) is 31.6. The molecule has 2 bridgehead atoms. The number of fused-ring (bicyclic) bond motifs is 4. The Morgan fingerprint density at radius 1 is 1.00 bits per heavy atom. The number of β-amino-alcohol motifs (C(OH)–C–C–N with tert-alkyl or cyclic N) is 1. The van der Waals surface area contributed by atoms with E-state index in [9.17, 15) is 18.3 Å². The Morgan fingerprint density at radius 3 is 2.71 bits per heavy atom. The predicted octanol–water partition coefficient (Wildman–Crippen LogP) is 4.71. The van der Waals surface area contributed by atoms with Gasteiger partial charge in [0.1, 0.15) is 12.4 Å². The summed E-state index contributed by atoms with van der Waals surface area (Å²) in [6.45, 7) is 11.4. The highest BCUT2D eigenvalue weighted by Crippen LogP contribution is 2.85. The van der Waals surface area contributed by atoms with Crippen LogP contribution in [-0.4, -0.2) is 105 Å². The van der Waals surface area contributed by atoms with Gasteiger partial charge in [-0.1, -0.05) is 31.0 Å². The molecule has 2 aromatic rings. The molecule has 2 saturated heterocycles. The van der Waals surface area contributed by atoms with E-state index in [0.29, 0.717) is 54.6 Å². The lowest BCUT2D eigenvalue weighted by Crippen LogP contribution is -2.61. The number of rotatable bonds is 2. The fourth-order valence-corrected chi connectivity index (χ4v) is 11.4. The fraction of sp³-hybridized carbons (Fsp3) is 0.667. The van der Waals surface area contributed by atoms with Gasteiger partial charge in [-0.15, -0.1) is 0 Å². The van der Waals surface area contributed by atoms with Crippen LogP contribution in [0.2, 0.25) is 5.02 Å². The largest absolute Gasteiger partial charge is 0.487 e. The van der Waals surface area contributed by atoms with Crippen LogP contribution in [0.1, 0.15) is 73.9 Å². The Morgan fingerprint density at radius 2 is 1.86 bits per heavy atom. The van der Waals surface area contributed by atoms with Crippen LogP contribution in [-0.2, 0) is 27.8 Å². The van der Waals surface area contributed by atoms with Gasteiger partial charge in [0.05, 0.1) is 29.8 Å². The van der Waals surface area contributed by atoms with Crippen molar-refractivity contribution in [3.8, 4) is 5.75 Å². The van der Waals surface area contributed by atoms with Gasteiger partial charge in [0, 0.05) is 67.9 Å². The summed E-state index contributed by atoms with van der Waals surface area (Å²) in [5.74, 6) is 0.632. The molecule has 0 aromatic heterocycles. The van der Waals surface area contributed by atoms with Crippen molar-refractivity contribution in [2.45, 2.75) is 82.3 Å². The predicted molar refractivity (Wildman–Crippen MR) is 198 cm³/mol. The maximum atomic E-state index is 13.6. The number of piperazine rings is 1. The van der Waals surface area contributed by atoms with E-state index >= 15 is 0 Å². The number of amides is 1. The molecule has 2 aliphatic carbocycles. The normalized spacial score (nSPS) is 35.8. The standard InChI is InChI=1S/C39H53ClN4O6S/c1-26-6-5-12-38(46,25-42-14-15-43-16-17-49-24-32(43)21-42)39-20-33(39)34(39)22-44-13-4-3-7-28-18-31(40)10-8-30(28)23-50-36-11-9-29(19-35(36)44)37(45)41-51(47,48)27(26)2/h8-11,18-19,26-27,32-34,46H,3-7,12-17,20-25H2,1-2H3,(H,41,45)/t26-,27+,32-,33?,34+,38+,39+/m0/s1. The van der Waals surface area contributed by atoms with Crippen LogP contribution in [0.25, 0.3) is 0 Å². The van der Waals surface area contributed by atoms with Gasteiger partial charge < -0.3 is 19.5 Å². The van der Waals surface area contributed by atoms with Gasteiger partial charge in [0.25, 0.3) is 5.91 Å². The molecule has 4 aliphatic heterocycles. The van der Waals surface area contributed by atoms with E-state index in [1.807, 2.05) is 25.1 Å². The lowest BCUT2D eigenvalue weighted by atomic mass is 9.80. The summed E-state index contributed by atoms with van der Waals surface area (Å²) in [4.78, 5) is 20.9. The lowest BCUT2D eigenvalue weighted by Gasteiger charge is -2.47. The number of sulfonamides is 1. The van der Waals surface area contributed by atoms with Crippen LogP contribution in [0.4, 0.5) is 5.69 Å². The van der Waals surface area contributed by atoms with Gasteiger partial charge in [0.2, 0.25) is 10.0 Å². The number of aliphatic hydroxyl groups is 1. The van der Waals surface area contributed by atoms with E-state index in [-0.39, 0.29) is 16.9 Å². The van der Waals surface area contributed by atoms with E-state index < -0.39 is 26.8 Å². The maximum absolute atomic E-state index is 13.6. The first-order chi connectivity index (χ1) is 24.5. The van der Waals surface area contributed by atoms with E-state index in [1.165, 1.54) is 5.56 Å². The summed E-state index contributed by atoms with van der Waals surface area (Å²) < 4.78 is 41.8. The number of aryl methyl sites for hydroxylation is 1. The van der Waals surface area contributed by atoms with Crippen molar-refractivity contribution >= 4 is 33.2 Å². The average molecular weight is 741 g/mol. The zero-order valence-electron chi connectivity index (χ0n) is 30.0. The Kier molecular flexibility index (Phi) is 9.62. The molecule has 4 fully saturated rings. The third kappa shape index (κ3) is 6.80. The van der Waals surface area contributed by atoms with Crippen molar-refractivity contribution in [1.82, 2.24) is 14.5 Å². The zero-order chi connectivity index (χ0) is 35.5. The third-order valence-corrected chi connectivity index (χ3v) is 15.5. The monoisotopic (exact) mass is 740 g/mol. The first-order valence-corrected chi connectivity index (χ1v) is 21.0. The highest BCUT2D eigenvalue weighted by molar-refractivity contribution is 7.90. The number of hydrogen-bond acceptors (Lipinski definition) is 9. The van der Waals surface area contributed by atoms with Gasteiger partial charge in [-0.05, 0) is 105 Å². The van der Waals surface area contributed by atoms with Gasteiger partial charge in [-0.25, -0.2) is 13.1 Å². The lowest BCUT2D eigenvalue weighted by molar-refractivity contribution is -0.0871. The van der Waals surface area contributed by atoms with Crippen LogP contribution in [0, 0.1) is 23.2 Å². The van der Waals surface area contributed by atoms with E-state index in [2.05, 4.69) is 19.4 Å². The molecule has 2 N–H and O–H groups in total. The van der Waals surface area contributed by atoms with Gasteiger partial charge in [-0.2, -0.15) is 0 Å². The van der Waals surface area contributed by atoms with Crippen LogP contribution < -0.4 is 14.4 Å². The molecular weight excluding hydrogens is 688 g/mol. The number of nitrogens with zero attached hydrogens (tertiary/aromatic N) is 3. The Bertz CT molecular complexity index is 1760. The highest BCUT2D eigenvalue weighted by atomic mass is 35.5. The Hall–Kier alpha value is -2.41. The van der Waals surface area contributed by atoms with E-state index in [4.69, 9.17) is 21.1 Å². The minimum atomic E-state index is -3.95. The fourth-order valence-electron chi connectivity index (χ4n) is 9.85. The number of anilines is 1. The topological polar surface area (TPSA) is 112 Å². The van der Waals surface area contributed by atoms with Crippen molar-refractivity contribution in [1.29, 1.82) is 0 Å². The van der Waals surface area contributed by atoms with Gasteiger partial charge in [-0.3, -0.25) is 14.6 Å². The summed E-state index contributed by atoms with van der Waals surface area (Å²) in [5.41, 5.74) is 2.32. The summed E-state index contributed by atoms with van der Waals surface area (Å²) in [7, 11) is -3.95. The highest BCUT2D eigenvalue weighted by Gasteiger charge is 2.85. The maximum Gasteiger partial charge on any atom is 0.264 e. The number of carbonyl (C=O) groups excluding carboxylic acids is 1. The number of hydrogen-bond donors (Lipinski definition) is 2.